The van der Waals surface area contributed by atoms with Gasteiger partial charge in [-0.25, -0.2) is 4.98 Å². The van der Waals surface area contributed by atoms with Crippen LogP contribution < -0.4 is 10.5 Å². The van der Waals surface area contributed by atoms with E-state index in [0.717, 1.165) is 16.3 Å². The van der Waals surface area contributed by atoms with Crippen LogP contribution in [-0.2, 0) is 0 Å². The number of nitrogen functional groups attached to an aromatic ring is 1. The summed E-state index contributed by atoms with van der Waals surface area (Å²) < 4.78 is 5.60. The van der Waals surface area contributed by atoms with E-state index in [2.05, 4.69) is 11.9 Å². The molecule has 0 fully saturated rings. The van der Waals surface area contributed by atoms with Crippen molar-refractivity contribution in [3.05, 3.63) is 41.6 Å². The van der Waals surface area contributed by atoms with E-state index in [1.807, 2.05) is 30.3 Å². The topological polar surface area (TPSA) is 48.1 Å². The van der Waals surface area contributed by atoms with Crippen LogP contribution in [0.5, 0.6) is 5.75 Å². The Morgan fingerprint density at radius 3 is 2.95 bits per heavy atom. The molecule has 3 nitrogen and oxygen atoms in total. The van der Waals surface area contributed by atoms with Gasteiger partial charge in [0.05, 0.1) is 17.3 Å². The molecule has 2 N–H and O–H groups in total. The second-order valence-electron chi connectivity index (χ2n) is 3.94. The first-order chi connectivity index (χ1) is 9.20. The predicted molar refractivity (Wildman–Crippen MR) is 80.0 cm³/mol. The zero-order chi connectivity index (χ0) is 13.7. The van der Waals surface area contributed by atoms with Gasteiger partial charge in [0, 0.05) is 11.1 Å². The minimum absolute atomic E-state index is 0.639. The third kappa shape index (κ3) is 3.78. The number of anilines is 1. The standard InChI is InChI=1S/C14H15ClN2OS/c1-2-8-18-13-9-10(5-6-12(13)16)19-14-11(15)4-3-7-17-14/h3-7,9H,2,8,16H2,1H3. The van der Waals surface area contributed by atoms with Gasteiger partial charge in [0.1, 0.15) is 10.8 Å². The maximum absolute atomic E-state index is 6.09. The molecule has 1 aromatic heterocycles. The van der Waals surface area contributed by atoms with Crippen molar-refractivity contribution in [1.29, 1.82) is 0 Å². The van der Waals surface area contributed by atoms with Gasteiger partial charge in [0.2, 0.25) is 0 Å². The smallest absolute Gasteiger partial charge is 0.143 e. The summed E-state index contributed by atoms with van der Waals surface area (Å²) in [6.07, 6.45) is 2.67. The number of rotatable bonds is 5. The summed E-state index contributed by atoms with van der Waals surface area (Å²) in [7, 11) is 0. The molecular weight excluding hydrogens is 280 g/mol. The summed E-state index contributed by atoms with van der Waals surface area (Å²) in [4.78, 5) is 5.25. The molecule has 0 aliphatic rings. The Labute approximate surface area is 122 Å². The maximum atomic E-state index is 6.09. The average Bonchev–Trinajstić information content (AvgIpc) is 2.42. The zero-order valence-corrected chi connectivity index (χ0v) is 12.2. The lowest BCUT2D eigenvalue weighted by Crippen LogP contribution is -1.99. The Morgan fingerprint density at radius 1 is 1.37 bits per heavy atom. The number of halogens is 1. The molecule has 5 heteroatoms. The second kappa shape index (κ2) is 6.68. The molecule has 19 heavy (non-hydrogen) atoms. The van der Waals surface area contributed by atoms with Crippen molar-refractivity contribution in [3.8, 4) is 5.75 Å². The molecule has 0 saturated heterocycles. The second-order valence-corrected chi connectivity index (χ2v) is 5.41. The van der Waals surface area contributed by atoms with Crippen LogP contribution >= 0.6 is 23.4 Å². The van der Waals surface area contributed by atoms with Crippen molar-refractivity contribution in [1.82, 2.24) is 4.98 Å². The summed E-state index contributed by atoms with van der Waals surface area (Å²) in [5.74, 6) is 0.707. The number of hydrogen-bond donors (Lipinski definition) is 1. The molecule has 0 aliphatic carbocycles. The van der Waals surface area contributed by atoms with E-state index in [9.17, 15) is 0 Å². The van der Waals surface area contributed by atoms with Crippen molar-refractivity contribution in [2.45, 2.75) is 23.3 Å². The molecule has 1 aromatic carbocycles. The van der Waals surface area contributed by atoms with Crippen LogP contribution in [0.1, 0.15) is 13.3 Å². The molecule has 1 heterocycles. The highest BCUT2D eigenvalue weighted by Crippen LogP contribution is 2.35. The third-order valence-corrected chi connectivity index (χ3v) is 3.81. The Morgan fingerprint density at radius 2 is 2.21 bits per heavy atom. The van der Waals surface area contributed by atoms with Crippen LogP contribution in [0.25, 0.3) is 0 Å². The Balaban J connectivity index is 2.19. The molecule has 2 rings (SSSR count). The first kappa shape index (κ1) is 14.0. The highest BCUT2D eigenvalue weighted by molar-refractivity contribution is 7.99. The minimum atomic E-state index is 0.639. The Kier molecular flexibility index (Phi) is 4.93. The van der Waals surface area contributed by atoms with Crippen LogP contribution in [0.2, 0.25) is 5.02 Å². The Hall–Kier alpha value is -1.39. The molecular formula is C14H15ClN2OS. The number of aromatic nitrogens is 1. The van der Waals surface area contributed by atoms with E-state index in [-0.39, 0.29) is 0 Å². The van der Waals surface area contributed by atoms with Gasteiger partial charge in [-0.3, -0.25) is 0 Å². The molecule has 0 saturated carbocycles. The number of benzene rings is 1. The molecule has 0 atom stereocenters. The van der Waals surface area contributed by atoms with E-state index in [1.54, 1.807) is 6.20 Å². The predicted octanol–water partition coefficient (Wildman–Crippen LogP) is 4.26. The van der Waals surface area contributed by atoms with Gasteiger partial charge in [-0.1, -0.05) is 30.3 Å². The van der Waals surface area contributed by atoms with Gasteiger partial charge >= 0.3 is 0 Å². The van der Waals surface area contributed by atoms with E-state index < -0.39 is 0 Å². The van der Waals surface area contributed by atoms with Crippen LogP contribution in [0, 0.1) is 0 Å². The molecule has 0 unspecified atom stereocenters. The van der Waals surface area contributed by atoms with E-state index in [1.165, 1.54) is 11.8 Å². The third-order valence-electron chi connectivity index (χ3n) is 2.39. The molecule has 100 valence electrons. The van der Waals surface area contributed by atoms with Gasteiger partial charge in [-0.15, -0.1) is 0 Å². The lowest BCUT2D eigenvalue weighted by atomic mass is 10.3. The fourth-order valence-corrected chi connectivity index (χ4v) is 2.51. The monoisotopic (exact) mass is 294 g/mol. The van der Waals surface area contributed by atoms with Gasteiger partial charge in [-0.2, -0.15) is 0 Å². The van der Waals surface area contributed by atoms with Gasteiger partial charge in [0.15, 0.2) is 0 Å². The van der Waals surface area contributed by atoms with E-state index >= 15 is 0 Å². The lowest BCUT2D eigenvalue weighted by Gasteiger charge is -2.10. The molecule has 0 amide bonds. The highest BCUT2D eigenvalue weighted by atomic mass is 35.5. The Bertz CT molecular complexity index is 563. The van der Waals surface area contributed by atoms with Gasteiger partial charge < -0.3 is 10.5 Å². The van der Waals surface area contributed by atoms with Crippen LogP contribution in [-0.4, -0.2) is 11.6 Å². The number of nitrogens with two attached hydrogens (primary N) is 1. The molecule has 2 aromatic rings. The molecule has 0 radical (unpaired) electrons. The van der Waals surface area contributed by atoms with Crippen LogP contribution in [0.3, 0.4) is 0 Å². The number of hydrogen-bond acceptors (Lipinski definition) is 4. The first-order valence-corrected chi connectivity index (χ1v) is 7.21. The van der Waals surface area contributed by atoms with Crippen molar-refractivity contribution >= 4 is 29.1 Å². The van der Waals surface area contributed by atoms with Crippen molar-refractivity contribution in [2.75, 3.05) is 12.3 Å². The summed E-state index contributed by atoms with van der Waals surface area (Å²) >= 11 is 7.58. The van der Waals surface area contributed by atoms with E-state index in [4.69, 9.17) is 22.1 Å². The van der Waals surface area contributed by atoms with Crippen LogP contribution in [0.15, 0.2) is 46.5 Å². The van der Waals surface area contributed by atoms with Crippen molar-refractivity contribution < 1.29 is 4.74 Å². The normalized spacial score (nSPS) is 10.4. The fraction of sp³-hybridized carbons (Fsp3) is 0.214. The zero-order valence-electron chi connectivity index (χ0n) is 10.6. The average molecular weight is 295 g/mol. The largest absolute Gasteiger partial charge is 0.491 e. The van der Waals surface area contributed by atoms with Gasteiger partial charge in [-0.05, 0) is 36.8 Å². The first-order valence-electron chi connectivity index (χ1n) is 6.01. The SMILES string of the molecule is CCCOc1cc(Sc2ncccc2Cl)ccc1N. The molecule has 0 bridgehead atoms. The van der Waals surface area contributed by atoms with Crippen LogP contribution in [0.4, 0.5) is 5.69 Å². The lowest BCUT2D eigenvalue weighted by molar-refractivity contribution is 0.318. The summed E-state index contributed by atoms with van der Waals surface area (Å²) in [5.41, 5.74) is 6.52. The number of ether oxygens (including phenoxy) is 1. The maximum Gasteiger partial charge on any atom is 0.143 e. The molecule has 0 spiro atoms. The summed E-state index contributed by atoms with van der Waals surface area (Å²) in [5, 5.41) is 1.41. The molecule has 0 aliphatic heterocycles. The number of pyridine rings is 1. The summed E-state index contributed by atoms with van der Waals surface area (Å²) in [6.45, 7) is 2.71. The quantitative estimate of drug-likeness (QED) is 0.837. The summed E-state index contributed by atoms with van der Waals surface area (Å²) in [6, 6.07) is 9.32. The van der Waals surface area contributed by atoms with Crippen molar-refractivity contribution in [3.63, 3.8) is 0 Å². The number of nitrogens with zero attached hydrogens (tertiary/aromatic N) is 1. The fourth-order valence-electron chi connectivity index (χ4n) is 1.47. The highest BCUT2D eigenvalue weighted by Gasteiger charge is 2.07. The minimum Gasteiger partial charge on any atom is -0.491 e. The van der Waals surface area contributed by atoms with Crippen molar-refractivity contribution in [2.24, 2.45) is 0 Å². The van der Waals surface area contributed by atoms with Gasteiger partial charge in [0.25, 0.3) is 0 Å². The van der Waals surface area contributed by atoms with E-state index in [0.29, 0.717) is 23.1 Å².